The summed E-state index contributed by atoms with van der Waals surface area (Å²) in [5.74, 6) is 1.27. The third kappa shape index (κ3) is 5.56. The number of anilines is 1. The zero-order valence-electron chi connectivity index (χ0n) is 20.7. The van der Waals surface area contributed by atoms with Gasteiger partial charge in [-0.05, 0) is 63.1 Å². The molecule has 0 saturated carbocycles. The average Bonchev–Trinajstić information content (AvgIpc) is 3.24. The molecule has 0 unspecified atom stereocenters. The molecule has 10 heteroatoms. The van der Waals surface area contributed by atoms with E-state index in [1.54, 1.807) is 20.2 Å². The van der Waals surface area contributed by atoms with Crippen LogP contribution in [-0.4, -0.2) is 55.3 Å². The molecule has 8 nitrogen and oxygen atoms in total. The number of hydrogen-bond donors (Lipinski definition) is 2. The van der Waals surface area contributed by atoms with Gasteiger partial charge in [0.2, 0.25) is 5.91 Å². The molecule has 2 N–H and O–H groups in total. The molecular weight excluding hydrogens is 511 g/mol. The largest absolute Gasteiger partial charge is 0.390 e. The van der Waals surface area contributed by atoms with Gasteiger partial charge in [-0.2, -0.15) is 0 Å². The summed E-state index contributed by atoms with van der Waals surface area (Å²) in [4.78, 5) is 28.7. The van der Waals surface area contributed by atoms with Crippen molar-refractivity contribution in [3.63, 3.8) is 0 Å². The Bertz CT molecular complexity index is 1420. The number of hydrogen-bond acceptors (Lipinski definition) is 6. The highest BCUT2D eigenvalue weighted by molar-refractivity contribution is 6.33. The predicted octanol–water partition coefficient (Wildman–Crippen LogP) is 5.04. The van der Waals surface area contributed by atoms with Crippen molar-refractivity contribution in [3.05, 3.63) is 64.9 Å². The molecule has 2 aromatic carbocycles. The number of benzene rings is 2. The standard InChI is InChI=1S/C27H28Cl2N6O2/c1-27(2,37)15-22(36)32-18-11-13-34(14-12-18)25-23-26(31-16-30-25)35(19-9-7-17(28)8-10-19)24(33-23)20-5-3-4-6-21(20)29/h3-10,16,18,37H,11-15H2,1-2H3,(H,32,36). The lowest BCUT2D eigenvalue weighted by Gasteiger charge is -2.33. The molecule has 4 aromatic rings. The van der Waals surface area contributed by atoms with Gasteiger partial charge in [-0.15, -0.1) is 0 Å². The number of nitrogens with zero attached hydrogens (tertiary/aromatic N) is 5. The maximum absolute atomic E-state index is 12.3. The number of nitrogens with one attached hydrogen (secondary N) is 1. The van der Waals surface area contributed by atoms with Crippen molar-refractivity contribution < 1.29 is 9.90 Å². The summed E-state index contributed by atoms with van der Waals surface area (Å²) < 4.78 is 1.97. The lowest BCUT2D eigenvalue weighted by atomic mass is 10.0. The Hall–Kier alpha value is -3.20. The highest BCUT2D eigenvalue weighted by atomic mass is 35.5. The van der Waals surface area contributed by atoms with E-state index in [4.69, 9.17) is 28.2 Å². The van der Waals surface area contributed by atoms with E-state index >= 15 is 0 Å². The molecule has 192 valence electrons. The third-order valence-corrected chi connectivity index (χ3v) is 6.96. The van der Waals surface area contributed by atoms with Crippen LogP contribution in [0.2, 0.25) is 10.0 Å². The number of aromatic nitrogens is 4. The van der Waals surface area contributed by atoms with E-state index in [0.29, 0.717) is 40.1 Å². The fraction of sp³-hybridized carbons (Fsp3) is 0.333. The number of fused-ring (bicyclic) bond motifs is 1. The van der Waals surface area contributed by atoms with E-state index in [9.17, 15) is 9.90 Å². The summed E-state index contributed by atoms with van der Waals surface area (Å²) in [7, 11) is 0. The van der Waals surface area contributed by atoms with Gasteiger partial charge in [0.05, 0.1) is 17.0 Å². The first-order chi connectivity index (χ1) is 17.7. The van der Waals surface area contributed by atoms with Crippen LogP contribution >= 0.6 is 23.2 Å². The monoisotopic (exact) mass is 538 g/mol. The van der Waals surface area contributed by atoms with Gasteiger partial charge < -0.3 is 15.3 Å². The first kappa shape index (κ1) is 25.4. The van der Waals surface area contributed by atoms with Crippen molar-refractivity contribution in [1.29, 1.82) is 0 Å². The highest BCUT2D eigenvalue weighted by Crippen LogP contribution is 2.35. The van der Waals surface area contributed by atoms with E-state index in [1.165, 1.54) is 0 Å². The molecule has 1 aliphatic heterocycles. The molecule has 0 atom stereocenters. The van der Waals surface area contributed by atoms with Gasteiger partial charge in [0.15, 0.2) is 17.0 Å². The topological polar surface area (TPSA) is 96.2 Å². The molecule has 37 heavy (non-hydrogen) atoms. The SMILES string of the molecule is CC(C)(O)CC(=O)NC1CCN(c2ncnc3c2nc(-c2ccccc2Cl)n3-c2ccc(Cl)cc2)CC1. The molecule has 0 radical (unpaired) electrons. The second-order valence-corrected chi connectivity index (χ2v) is 10.8. The lowest BCUT2D eigenvalue weighted by Crippen LogP contribution is -2.46. The van der Waals surface area contributed by atoms with E-state index in [-0.39, 0.29) is 18.4 Å². The van der Waals surface area contributed by atoms with Crippen molar-refractivity contribution in [2.24, 2.45) is 0 Å². The summed E-state index contributed by atoms with van der Waals surface area (Å²) in [6.07, 6.45) is 3.16. The molecule has 3 heterocycles. The number of rotatable bonds is 6. The van der Waals surface area contributed by atoms with Crippen LogP contribution in [0.4, 0.5) is 5.82 Å². The van der Waals surface area contributed by atoms with Gasteiger partial charge in [0.25, 0.3) is 0 Å². The summed E-state index contributed by atoms with van der Waals surface area (Å²) in [6.45, 7) is 4.68. The normalized spacial score (nSPS) is 14.8. The molecule has 1 fully saturated rings. The number of amides is 1. The first-order valence-corrected chi connectivity index (χ1v) is 13.0. The summed E-state index contributed by atoms with van der Waals surface area (Å²) >= 11 is 12.7. The zero-order chi connectivity index (χ0) is 26.2. The minimum absolute atomic E-state index is 0.0498. The number of carbonyl (C=O) groups is 1. The molecular formula is C27H28Cl2N6O2. The summed E-state index contributed by atoms with van der Waals surface area (Å²) in [5.41, 5.74) is 1.97. The summed E-state index contributed by atoms with van der Waals surface area (Å²) in [6, 6.07) is 15.1. The minimum Gasteiger partial charge on any atom is -0.390 e. The van der Waals surface area contributed by atoms with Crippen molar-refractivity contribution >= 4 is 46.1 Å². The molecule has 0 bridgehead atoms. The second kappa shape index (κ2) is 10.3. The smallest absolute Gasteiger partial charge is 0.223 e. The van der Waals surface area contributed by atoms with E-state index < -0.39 is 5.60 Å². The fourth-order valence-corrected chi connectivity index (χ4v) is 5.02. The van der Waals surface area contributed by atoms with Gasteiger partial charge in [-0.3, -0.25) is 9.36 Å². The van der Waals surface area contributed by atoms with Gasteiger partial charge in [0.1, 0.15) is 12.2 Å². The van der Waals surface area contributed by atoms with Gasteiger partial charge in [0, 0.05) is 35.4 Å². The first-order valence-electron chi connectivity index (χ1n) is 12.2. The summed E-state index contributed by atoms with van der Waals surface area (Å²) in [5, 5.41) is 14.2. The number of piperidine rings is 1. The van der Waals surface area contributed by atoms with Crippen LogP contribution in [0.15, 0.2) is 54.9 Å². The van der Waals surface area contributed by atoms with Crippen molar-refractivity contribution in [1.82, 2.24) is 24.8 Å². The maximum atomic E-state index is 12.3. The van der Waals surface area contributed by atoms with Gasteiger partial charge in [-0.1, -0.05) is 35.3 Å². The Kier molecular flexibility index (Phi) is 7.07. The Morgan fingerprint density at radius 1 is 1.08 bits per heavy atom. The minimum atomic E-state index is -1.03. The lowest BCUT2D eigenvalue weighted by molar-refractivity contribution is -0.125. The van der Waals surface area contributed by atoms with Crippen LogP contribution in [0.3, 0.4) is 0 Å². The van der Waals surface area contributed by atoms with Crippen molar-refractivity contribution in [2.45, 2.75) is 44.8 Å². The zero-order valence-corrected chi connectivity index (χ0v) is 22.2. The molecule has 1 saturated heterocycles. The third-order valence-electron chi connectivity index (χ3n) is 6.38. The van der Waals surface area contributed by atoms with Crippen molar-refractivity contribution in [3.8, 4) is 17.1 Å². The number of carbonyl (C=O) groups excluding carboxylic acids is 1. The maximum Gasteiger partial charge on any atom is 0.223 e. The van der Waals surface area contributed by atoms with E-state index in [2.05, 4.69) is 20.2 Å². The average molecular weight is 539 g/mol. The molecule has 5 rings (SSSR count). The number of imidazole rings is 1. The predicted molar refractivity (Wildman–Crippen MR) is 146 cm³/mol. The van der Waals surface area contributed by atoms with Crippen LogP contribution in [0.5, 0.6) is 0 Å². The quantitative estimate of drug-likeness (QED) is 0.357. The van der Waals surface area contributed by atoms with Crippen LogP contribution in [0.1, 0.15) is 33.1 Å². The molecule has 1 amide bonds. The van der Waals surface area contributed by atoms with Crippen LogP contribution < -0.4 is 10.2 Å². The second-order valence-electron chi connectivity index (χ2n) is 9.91. The Morgan fingerprint density at radius 3 is 2.46 bits per heavy atom. The Balaban J connectivity index is 1.48. The molecule has 0 aliphatic carbocycles. The van der Waals surface area contributed by atoms with E-state index in [1.807, 2.05) is 53.1 Å². The van der Waals surface area contributed by atoms with Crippen LogP contribution in [0.25, 0.3) is 28.2 Å². The van der Waals surface area contributed by atoms with Crippen LogP contribution in [-0.2, 0) is 4.79 Å². The van der Waals surface area contributed by atoms with Crippen molar-refractivity contribution in [2.75, 3.05) is 18.0 Å². The van der Waals surface area contributed by atoms with E-state index in [0.717, 1.165) is 29.9 Å². The van der Waals surface area contributed by atoms with Gasteiger partial charge in [-0.25, -0.2) is 15.0 Å². The molecule has 2 aromatic heterocycles. The highest BCUT2D eigenvalue weighted by Gasteiger charge is 2.27. The fourth-order valence-electron chi connectivity index (χ4n) is 4.68. The Morgan fingerprint density at radius 2 is 1.78 bits per heavy atom. The van der Waals surface area contributed by atoms with Crippen LogP contribution in [0, 0.1) is 0 Å². The molecule has 1 aliphatic rings. The Labute approximate surface area is 225 Å². The molecule has 0 spiro atoms. The number of aliphatic hydroxyl groups is 1. The number of halogens is 2. The van der Waals surface area contributed by atoms with Gasteiger partial charge >= 0.3 is 0 Å².